The number of amides is 2. The van der Waals surface area contributed by atoms with E-state index in [1.54, 1.807) is 32.2 Å². The van der Waals surface area contributed by atoms with Gasteiger partial charge in [0, 0.05) is 11.8 Å². The maximum absolute atomic E-state index is 12.3. The Hall–Kier alpha value is -3.26. The molecule has 0 unspecified atom stereocenters. The molecule has 0 aliphatic heterocycles. The van der Waals surface area contributed by atoms with Gasteiger partial charge >= 0.3 is 0 Å². The molecule has 0 saturated heterocycles. The van der Waals surface area contributed by atoms with E-state index in [2.05, 4.69) is 10.6 Å². The zero-order chi connectivity index (χ0) is 20.8. The second-order valence-corrected chi connectivity index (χ2v) is 6.85. The third-order valence-electron chi connectivity index (χ3n) is 4.25. The zero-order valence-corrected chi connectivity index (χ0v) is 16.4. The average Bonchev–Trinajstić information content (AvgIpc) is 2.59. The molecule has 0 aromatic heterocycles. The van der Waals surface area contributed by atoms with Gasteiger partial charge in [-0.15, -0.1) is 0 Å². The van der Waals surface area contributed by atoms with Crippen molar-refractivity contribution >= 4 is 28.9 Å². The van der Waals surface area contributed by atoms with Gasteiger partial charge in [-0.3, -0.25) is 24.6 Å². The molecule has 0 radical (unpaired) electrons. The van der Waals surface area contributed by atoms with Crippen molar-refractivity contribution in [2.24, 2.45) is 0 Å². The Bertz CT molecular complexity index is 894. The van der Waals surface area contributed by atoms with E-state index < -0.39 is 10.8 Å². The smallest absolute Gasteiger partial charge is 0.293 e. The number of hydrogen-bond acceptors (Lipinski definition) is 5. The topological polar surface area (TPSA) is 105 Å². The summed E-state index contributed by atoms with van der Waals surface area (Å²) < 4.78 is 0. The molecule has 0 fully saturated rings. The molecule has 0 aliphatic carbocycles. The van der Waals surface area contributed by atoms with Gasteiger partial charge < -0.3 is 10.6 Å². The standard InChI is InChI=1S/C20H24N4O4/c1-13-5-7-16(8-6-13)21-19(25)11-23(4)12-20(26)22-17-9-14(2)15(3)10-18(17)24(27)28/h5-10H,11-12H2,1-4H3,(H,21,25)(H,22,26). The number of hydrogen-bond donors (Lipinski definition) is 2. The van der Waals surface area contributed by atoms with Gasteiger partial charge in [0.05, 0.1) is 18.0 Å². The van der Waals surface area contributed by atoms with Gasteiger partial charge in [-0.1, -0.05) is 17.7 Å². The van der Waals surface area contributed by atoms with E-state index in [0.717, 1.165) is 16.7 Å². The Kier molecular flexibility index (Phi) is 6.84. The van der Waals surface area contributed by atoms with Crippen molar-refractivity contribution in [2.45, 2.75) is 20.8 Å². The van der Waals surface area contributed by atoms with E-state index in [1.807, 2.05) is 26.0 Å². The van der Waals surface area contributed by atoms with E-state index in [9.17, 15) is 19.7 Å². The molecule has 0 spiro atoms. The van der Waals surface area contributed by atoms with Crippen molar-refractivity contribution in [3.63, 3.8) is 0 Å². The first-order valence-electron chi connectivity index (χ1n) is 8.76. The number of carbonyl (C=O) groups is 2. The summed E-state index contributed by atoms with van der Waals surface area (Å²) in [6.07, 6.45) is 0. The number of nitro groups is 1. The average molecular weight is 384 g/mol. The van der Waals surface area contributed by atoms with Crippen LogP contribution in [0.5, 0.6) is 0 Å². The van der Waals surface area contributed by atoms with Gasteiger partial charge in [0.25, 0.3) is 5.69 Å². The lowest BCUT2D eigenvalue weighted by atomic mass is 10.1. The van der Waals surface area contributed by atoms with Crippen LogP contribution in [0.25, 0.3) is 0 Å². The number of nitrogens with one attached hydrogen (secondary N) is 2. The SMILES string of the molecule is Cc1ccc(NC(=O)CN(C)CC(=O)Nc2cc(C)c(C)cc2[N+](=O)[O-])cc1. The van der Waals surface area contributed by atoms with Gasteiger partial charge in [-0.2, -0.15) is 0 Å². The number of rotatable bonds is 7. The first-order chi connectivity index (χ1) is 13.2. The van der Waals surface area contributed by atoms with Crippen molar-refractivity contribution in [1.82, 2.24) is 4.90 Å². The minimum atomic E-state index is -0.527. The predicted molar refractivity (Wildman–Crippen MR) is 109 cm³/mol. The van der Waals surface area contributed by atoms with Crippen LogP contribution < -0.4 is 10.6 Å². The van der Waals surface area contributed by atoms with Crippen LogP contribution in [0, 0.1) is 30.9 Å². The highest BCUT2D eigenvalue weighted by Crippen LogP contribution is 2.27. The number of nitro benzene ring substituents is 1. The zero-order valence-electron chi connectivity index (χ0n) is 16.4. The lowest BCUT2D eigenvalue weighted by Gasteiger charge is -2.16. The molecule has 0 atom stereocenters. The van der Waals surface area contributed by atoms with Crippen molar-refractivity contribution in [3.05, 3.63) is 63.2 Å². The molecule has 28 heavy (non-hydrogen) atoms. The van der Waals surface area contributed by atoms with Gasteiger partial charge in [0.2, 0.25) is 11.8 Å². The van der Waals surface area contributed by atoms with Gasteiger partial charge in [-0.05, 0) is 57.1 Å². The molecule has 8 heteroatoms. The minimum absolute atomic E-state index is 0.0102. The Balaban J connectivity index is 1.93. The van der Waals surface area contributed by atoms with Crippen molar-refractivity contribution < 1.29 is 14.5 Å². The molecule has 0 saturated carbocycles. The molecule has 0 heterocycles. The third kappa shape index (κ3) is 5.88. The molecule has 2 N–H and O–H groups in total. The summed E-state index contributed by atoms with van der Waals surface area (Å²) in [6.45, 7) is 5.48. The first-order valence-corrected chi connectivity index (χ1v) is 8.76. The second-order valence-electron chi connectivity index (χ2n) is 6.85. The molecule has 2 amide bonds. The Morgan fingerprint density at radius 3 is 2.07 bits per heavy atom. The normalized spacial score (nSPS) is 10.6. The number of likely N-dealkylation sites (N-methyl/N-ethyl adjacent to an activating group) is 1. The summed E-state index contributed by atoms with van der Waals surface area (Å²) in [5, 5.41) is 16.5. The molecular formula is C20H24N4O4. The van der Waals surface area contributed by atoms with Crippen LogP contribution in [0.4, 0.5) is 17.1 Å². The Morgan fingerprint density at radius 2 is 1.50 bits per heavy atom. The summed E-state index contributed by atoms with van der Waals surface area (Å²) in [4.78, 5) is 36.6. The highest BCUT2D eigenvalue weighted by molar-refractivity contribution is 5.96. The third-order valence-corrected chi connectivity index (χ3v) is 4.25. The number of carbonyl (C=O) groups excluding carboxylic acids is 2. The molecular weight excluding hydrogens is 360 g/mol. The lowest BCUT2D eigenvalue weighted by Crippen LogP contribution is -2.36. The Morgan fingerprint density at radius 1 is 0.964 bits per heavy atom. The largest absolute Gasteiger partial charge is 0.325 e. The summed E-state index contributed by atoms with van der Waals surface area (Å²) >= 11 is 0. The van der Waals surface area contributed by atoms with Crippen LogP contribution in [0.3, 0.4) is 0 Å². The van der Waals surface area contributed by atoms with E-state index in [-0.39, 0.29) is 30.4 Å². The number of nitrogens with zero attached hydrogens (tertiary/aromatic N) is 2. The van der Waals surface area contributed by atoms with E-state index in [4.69, 9.17) is 0 Å². The molecule has 2 aromatic rings. The lowest BCUT2D eigenvalue weighted by molar-refractivity contribution is -0.384. The fourth-order valence-corrected chi connectivity index (χ4v) is 2.63. The van der Waals surface area contributed by atoms with Crippen LogP contribution >= 0.6 is 0 Å². The monoisotopic (exact) mass is 384 g/mol. The molecule has 2 aromatic carbocycles. The van der Waals surface area contributed by atoms with Crippen molar-refractivity contribution in [1.29, 1.82) is 0 Å². The highest BCUT2D eigenvalue weighted by Gasteiger charge is 2.18. The predicted octanol–water partition coefficient (Wildman–Crippen LogP) is 3.03. The molecule has 148 valence electrons. The molecule has 0 bridgehead atoms. The first kappa shape index (κ1) is 21.0. The number of anilines is 2. The fourth-order valence-electron chi connectivity index (χ4n) is 2.63. The van der Waals surface area contributed by atoms with Crippen molar-refractivity contribution in [2.75, 3.05) is 30.8 Å². The summed E-state index contributed by atoms with van der Waals surface area (Å²) in [5.41, 5.74) is 3.37. The summed E-state index contributed by atoms with van der Waals surface area (Å²) in [6, 6.07) is 10.4. The maximum atomic E-state index is 12.3. The summed E-state index contributed by atoms with van der Waals surface area (Å²) in [7, 11) is 1.63. The van der Waals surface area contributed by atoms with E-state index in [0.29, 0.717) is 5.69 Å². The van der Waals surface area contributed by atoms with Crippen LogP contribution in [-0.4, -0.2) is 41.8 Å². The van der Waals surface area contributed by atoms with Crippen LogP contribution in [-0.2, 0) is 9.59 Å². The molecule has 2 rings (SSSR count). The van der Waals surface area contributed by atoms with E-state index in [1.165, 1.54) is 11.0 Å². The summed E-state index contributed by atoms with van der Waals surface area (Å²) in [5.74, 6) is -0.687. The van der Waals surface area contributed by atoms with Crippen LogP contribution in [0.2, 0.25) is 0 Å². The quantitative estimate of drug-likeness (QED) is 0.564. The van der Waals surface area contributed by atoms with Crippen LogP contribution in [0.15, 0.2) is 36.4 Å². The van der Waals surface area contributed by atoms with Gasteiger partial charge in [0.1, 0.15) is 5.69 Å². The molecule has 0 aliphatic rings. The van der Waals surface area contributed by atoms with Crippen LogP contribution in [0.1, 0.15) is 16.7 Å². The second kappa shape index (κ2) is 9.09. The maximum Gasteiger partial charge on any atom is 0.293 e. The Labute approximate surface area is 163 Å². The highest BCUT2D eigenvalue weighted by atomic mass is 16.6. The van der Waals surface area contributed by atoms with Gasteiger partial charge in [0.15, 0.2) is 0 Å². The molecule has 8 nitrogen and oxygen atoms in total. The van der Waals surface area contributed by atoms with E-state index >= 15 is 0 Å². The minimum Gasteiger partial charge on any atom is -0.325 e. The van der Waals surface area contributed by atoms with Crippen molar-refractivity contribution in [3.8, 4) is 0 Å². The number of benzene rings is 2. The number of aryl methyl sites for hydroxylation is 3. The van der Waals surface area contributed by atoms with Gasteiger partial charge in [-0.25, -0.2) is 0 Å². The fraction of sp³-hybridized carbons (Fsp3) is 0.300.